The largest absolute Gasteiger partial charge is 0.486 e. The zero-order chi connectivity index (χ0) is 20.6. The molecule has 0 fully saturated rings. The highest BCUT2D eigenvalue weighted by Gasteiger charge is 2.16. The molecule has 0 unspecified atom stereocenters. The van der Waals surface area contributed by atoms with E-state index in [1.807, 2.05) is 0 Å². The normalized spacial score (nSPS) is 12.5. The Bertz CT molecular complexity index is 927. The first-order chi connectivity index (χ1) is 14.0. The van der Waals surface area contributed by atoms with Crippen LogP contribution in [0.2, 0.25) is 5.02 Å². The van der Waals surface area contributed by atoms with Gasteiger partial charge in [0.15, 0.2) is 18.1 Å². The van der Waals surface area contributed by atoms with E-state index in [9.17, 15) is 9.59 Å². The lowest BCUT2D eigenvalue weighted by atomic mass is 10.1. The maximum absolute atomic E-state index is 12.2. The molecule has 7 nitrogen and oxygen atoms in total. The maximum Gasteiger partial charge on any atom is 0.344 e. The van der Waals surface area contributed by atoms with Gasteiger partial charge in [-0.25, -0.2) is 4.79 Å². The minimum absolute atomic E-state index is 0.198. The summed E-state index contributed by atoms with van der Waals surface area (Å²) in [5.74, 6) is 0.717. The fourth-order valence-electron chi connectivity index (χ4n) is 2.59. The molecule has 0 atom stereocenters. The number of halogens is 1. The predicted molar refractivity (Wildman–Crippen MR) is 109 cm³/mol. The molecule has 0 aromatic heterocycles. The van der Waals surface area contributed by atoms with Crippen molar-refractivity contribution in [1.29, 1.82) is 0 Å². The SMILES string of the molecule is CCOC(=O)COc1cccc(NC(=O)/C=C/c2cc(Cl)c3c(c2)OCCO3)c1. The Balaban J connectivity index is 1.60. The van der Waals surface area contributed by atoms with Crippen molar-refractivity contribution in [3.05, 3.63) is 53.1 Å². The summed E-state index contributed by atoms with van der Waals surface area (Å²) < 4.78 is 21.2. The van der Waals surface area contributed by atoms with Gasteiger partial charge in [-0.2, -0.15) is 0 Å². The average molecular weight is 418 g/mol. The van der Waals surface area contributed by atoms with Crippen LogP contribution in [-0.4, -0.2) is 38.3 Å². The molecule has 0 bridgehead atoms. The van der Waals surface area contributed by atoms with E-state index in [2.05, 4.69) is 5.32 Å². The van der Waals surface area contributed by atoms with E-state index in [-0.39, 0.29) is 12.5 Å². The van der Waals surface area contributed by atoms with Gasteiger partial charge in [0.1, 0.15) is 19.0 Å². The number of carbonyl (C=O) groups is 2. The topological polar surface area (TPSA) is 83.1 Å². The van der Waals surface area contributed by atoms with Crippen molar-refractivity contribution in [3.8, 4) is 17.2 Å². The number of esters is 1. The molecule has 0 saturated heterocycles. The van der Waals surface area contributed by atoms with Gasteiger partial charge < -0.3 is 24.3 Å². The fourth-order valence-corrected chi connectivity index (χ4v) is 2.87. The van der Waals surface area contributed by atoms with Crippen molar-refractivity contribution in [2.24, 2.45) is 0 Å². The molecule has 0 radical (unpaired) electrons. The number of hydrogen-bond donors (Lipinski definition) is 1. The summed E-state index contributed by atoms with van der Waals surface area (Å²) in [7, 11) is 0. The van der Waals surface area contributed by atoms with E-state index in [1.54, 1.807) is 49.4 Å². The molecule has 1 N–H and O–H groups in total. The predicted octanol–water partition coefficient (Wildman–Crippen LogP) is 3.71. The number of rotatable bonds is 7. The van der Waals surface area contributed by atoms with Gasteiger partial charge in [-0.3, -0.25) is 4.79 Å². The van der Waals surface area contributed by atoms with Crippen LogP contribution in [0, 0.1) is 0 Å². The van der Waals surface area contributed by atoms with Crippen LogP contribution in [0.15, 0.2) is 42.5 Å². The summed E-state index contributed by atoms with van der Waals surface area (Å²) >= 11 is 6.20. The van der Waals surface area contributed by atoms with E-state index in [0.717, 1.165) is 0 Å². The molecule has 1 heterocycles. The fraction of sp³-hybridized carbons (Fsp3) is 0.238. The van der Waals surface area contributed by atoms with Crippen molar-refractivity contribution >= 4 is 35.2 Å². The summed E-state index contributed by atoms with van der Waals surface area (Å²) in [6, 6.07) is 10.2. The van der Waals surface area contributed by atoms with Crippen molar-refractivity contribution in [1.82, 2.24) is 0 Å². The minimum Gasteiger partial charge on any atom is -0.486 e. The van der Waals surface area contributed by atoms with Gasteiger partial charge in [-0.05, 0) is 42.8 Å². The molecule has 152 valence electrons. The van der Waals surface area contributed by atoms with Gasteiger partial charge in [0.25, 0.3) is 0 Å². The monoisotopic (exact) mass is 417 g/mol. The van der Waals surface area contributed by atoms with Gasteiger partial charge >= 0.3 is 5.97 Å². The zero-order valence-electron chi connectivity index (χ0n) is 15.8. The van der Waals surface area contributed by atoms with Gasteiger partial charge in [0.05, 0.1) is 11.6 Å². The Morgan fingerprint density at radius 3 is 2.86 bits per heavy atom. The molecule has 1 amide bonds. The molecule has 1 aliphatic rings. The first-order valence-electron chi connectivity index (χ1n) is 9.02. The number of fused-ring (bicyclic) bond motifs is 1. The third-order valence-corrected chi connectivity index (χ3v) is 4.09. The molecule has 2 aromatic carbocycles. The summed E-state index contributed by atoms with van der Waals surface area (Å²) in [5.41, 5.74) is 1.24. The molecule has 0 spiro atoms. The van der Waals surface area contributed by atoms with Gasteiger partial charge in [-0.15, -0.1) is 0 Å². The van der Waals surface area contributed by atoms with Gasteiger partial charge in [-0.1, -0.05) is 17.7 Å². The zero-order valence-corrected chi connectivity index (χ0v) is 16.5. The van der Waals surface area contributed by atoms with Crippen LogP contribution in [0.4, 0.5) is 5.69 Å². The average Bonchev–Trinajstić information content (AvgIpc) is 2.71. The highest BCUT2D eigenvalue weighted by Crippen LogP contribution is 2.38. The highest BCUT2D eigenvalue weighted by molar-refractivity contribution is 6.32. The van der Waals surface area contributed by atoms with Crippen molar-refractivity contribution < 1.29 is 28.5 Å². The van der Waals surface area contributed by atoms with Gasteiger partial charge in [0, 0.05) is 17.8 Å². The first kappa shape index (κ1) is 20.5. The van der Waals surface area contributed by atoms with Crippen LogP contribution < -0.4 is 19.5 Å². The third kappa shape index (κ3) is 5.89. The maximum atomic E-state index is 12.2. The van der Waals surface area contributed by atoms with E-state index >= 15 is 0 Å². The van der Waals surface area contributed by atoms with Gasteiger partial charge in [0.2, 0.25) is 5.91 Å². The summed E-state index contributed by atoms with van der Waals surface area (Å²) in [5, 5.41) is 3.16. The number of nitrogens with one attached hydrogen (secondary N) is 1. The second-order valence-corrected chi connectivity index (χ2v) is 6.38. The van der Waals surface area contributed by atoms with Crippen LogP contribution in [0.5, 0.6) is 17.2 Å². The molecule has 1 aliphatic heterocycles. The van der Waals surface area contributed by atoms with E-state index in [4.69, 9.17) is 30.5 Å². The minimum atomic E-state index is -0.456. The highest BCUT2D eigenvalue weighted by atomic mass is 35.5. The van der Waals surface area contributed by atoms with Crippen LogP contribution in [-0.2, 0) is 14.3 Å². The quantitative estimate of drug-likeness (QED) is 0.546. The van der Waals surface area contributed by atoms with Crippen molar-refractivity contribution in [2.45, 2.75) is 6.92 Å². The van der Waals surface area contributed by atoms with Crippen LogP contribution in [0.1, 0.15) is 12.5 Å². The van der Waals surface area contributed by atoms with Crippen LogP contribution in [0.3, 0.4) is 0 Å². The number of anilines is 1. The Morgan fingerprint density at radius 1 is 1.21 bits per heavy atom. The summed E-state index contributed by atoms with van der Waals surface area (Å²) in [6.45, 7) is 2.72. The molecule has 29 heavy (non-hydrogen) atoms. The Kier molecular flexibility index (Phi) is 6.97. The lowest BCUT2D eigenvalue weighted by molar-refractivity contribution is -0.145. The van der Waals surface area contributed by atoms with E-state index in [1.165, 1.54) is 6.08 Å². The first-order valence-corrected chi connectivity index (χ1v) is 9.39. The lowest BCUT2D eigenvalue weighted by Gasteiger charge is -2.19. The summed E-state index contributed by atoms with van der Waals surface area (Å²) in [4.78, 5) is 23.6. The Morgan fingerprint density at radius 2 is 2.03 bits per heavy atom. The Labute approximate surface area is 173 Å². The smallest absolute Gasteiger partial charge is 0.344 e. The second kappa shape index (κ2) is 9.84. The van der Waals surface area contributed by atoms with Crippen molar-refractivity contribution in [3.63, 3.8) is 0 Å². The number of amides is 1. The molecule has 8 heteroatoms. The van der Waals surface area contributed by atoms with E-state index < -0.39 is 5.97 Å². The summed E-state index contributed by atoms with van der Waals surface area (Å²) in [6.07, 6.45) is 3.01. The molecular weight excluding hydrogens is 398 g/mol. The molecule has 0 aliphatic carbocycles. The lowest BCUT2D eigenvalue weighted by Crippen LogP contribution is -2.15. The second-order valence-electron chi connectivity index (χ2n) is 5.97. The van der Waals surface area contributed by atoms with Crippen molar-refractivity contribution in [2.75, 3.05) is 31.7 Å². The molecular formula is C21H20ClNO6. The molecule has 2 aromatic rings. The molecule has 3 rings (SSSR count). The number of benzene rings is 2. The number of ether oxygens (including phenoxy) is 4. The standard InChI is InChI=1S/C21H20ClNO6/c1-2-26-20(25)13-29-16-5-3-4-15(12-16)23-19(24)7-6-14-10-17(22)21-18(11-14)27-8-9-28-21/h3-7,10-12H,2,8-9,13H2,1H3,(H,23,24)/b7-6+. The number of hydrogen-bond acceptors (Lipinski definition) is 6. The van der Waals surface area contributed by atoms with E-state index in [0.29, 0.717) is 53.3 Å². The van der Waals surface area contributed by atoms with Crippen LogP contribution >= 0.6 is 11.6 Å². The van der Waals surface area contributed by atoms with Crippen LogP contribution in [0.25, 0.3) is 6.08 Å². The Hall–Kier alpha value is -3.19. The number of carbonyl (C=O) groups excluding carboxylic acids is 2. The molecule has 0 saturated carbocycles. The third-order valence-electron chi connectivity index (χ3n) is 3.81.